The van der Waals surface area contributed by atoms with E-state index in [1.165, 1.54) is 12.3 Å². The zero-order chi connectivity index (χ0) is 23.0. The summed E-state index contributed by atoms with van der Waals surface area (Å²) in [5.41, 5.74) is 3.15. The summed E-state index contributed by atoms with van der Waals surface area (Å²) < 4.78 is 46.5. The average molecular weight is 444 g/mol. The minimum atomic E-state index is -4.48. The van der Waals surface area contributed by atoms with Crippen molar-refractivity contribution in [2.45, 2.75) is 19.7 Å². The second kappa shape index (κ2) is 8.20. The van der Waals surface area contributed by atoms with E-state index in [-0.39, 0.29) is 12.1 Å². The van der Waals surface area contributed by atoms with E-state index in [1.54, 1.807) is 6.07 Å². The van der Waals surface area contributed by atoms with Gasteiger partial charge in [0.05, 0.1) is 22.3 Å². The van der Waals surface area contributed by atoms with Crippen LogP contribution in [-0.2, 0) is 12.8 Å². The first-order valence-electron chi connectivity index (χ1n) is 10.4. The quantitative estimate of drug-likeness (QED) is 0.291. The summed E-state index contributed by atoms with van der Waals surface area (Å²) in [5, 5.41) is 1.51. The lowest BCUT2D eigenvalue weighted by Crippen LogP contribution is -2.07. The van der Waals surface area contributed by atoms with Gasteiger partial charge in [-0.05, 0) is 53.9 Å². The van der Waals surface area contributed by atoms with Crippen molar-refractivity contribution in [3.8, 4) is 16.9 Å². The number of nitrogens with zero attached hydrogens (tertiary/aromatic N) is 2. The van der Waals surface area contributed by atoms with Gasteiger partial charge in [0, 0.05) is 17.0 Å². The topological polar surface area (TPSA) is 35.0 Å². The van der Waals surface area contributed by atoms with Gasteiger partial charge in [0.25, 0.3) is 0 Å². The summed E-state index contributed by atoms with van der Waals surface area (Å²) in [6, 6.07) is 23.3. The molecule has 5 aromatic rings. The fourth-order valence-corrected chi connectivity index (χ4v) is 4.02. The van der Waals surface area contributed by atoms with Crippen molar-refractivity contribution in [3.63, 3.8) is 0 Å². The van der Waals surface area contributed by atoms with E-state index in [4.69, 9.17) is 4.74 Å². The zero-order valence-corrected chi connectivity index (χ0v) is 17.7. The lowest BCUT2D eigenvalue weighted by atomic mass is 9.95. The van der Waals surface area contributed by atoms with E-state index in [0.717, 1.165) is 33.8 Å². The van der Waals surface area contributed by atoms with Gasteiger partial charge in [-0.25, -0.2) is 4.98 Å². The van der Waals surface area contributed by atoms with Crippen molar-refractivity contribution in [2.24, 2.45) is 0 Å². The minimum absolute atomic E-state index is 0.0581. The zero-order valence-electron chi connectivity index (χ0n) is 17.7. The summed E-state index contributed by atoms with van der Waals surface area (Å²) in [6.45, 7) is 2.12. The van der Waals surface area contributed by atoms with E-state index in [0.29, 0.717) is 16.7 Å². The molecule has 2 heterocycles. The van der Waals surface area contributed by atoms with E-state index in [9.17, 15) is 13.2 Å². The predicted molar refractivity (Wildman–Crippen MR) is 123 cm³/mol. The first kappa shape index (κ1) is 20.9. The lowest BCUT2D eigenvalue weighted by molar-refractivity contribution is -0.136. The Hall–Kier alpha value is -3.93. The predicted octanol–water partition coefficient (Wildman–Crippen LogP) is 7.36. The van der Waals surface area contributed by atoms with Gasteiger partial charge < -0.3 is 4.74 Å². The van der Waals surface area contributed by atoms with Gasteiger partial charge in [-0.15, -0.1) is 0 Å². The third kappa shape index (κ3) is 4.12. The van der Waals surface area contributed by atoms with Crippen molar-refractivity contribution < 1.29 is 17.9 Å². The van der Waals surface area contributed by atoms with Gasteiger partial charge in [0.15, 0.2) is 0 Å². The molecular weight excluding hydrogens is 425 g/mol. The Morgan fingerprint density at radius 1 is 0.879 bits per heavy atom. The molecule has 5 rings (SSSR count). The first-order valence-corrected chi connectivity index (χ1v) is 10.4. The van der Waals surface area contributed by atoms with Crippen molar-refractivity contribution in [1.82, 2.24) is 9.97 Å². The Balaban J connectivity index is 1.49. The maximum absolute atomic E-state index is 13.5. The number of alkyl halides is 3. The molecule has 0 aliphatic carbocycles. The molecule has 164 valence electrons. The van der Waals surface area contributed by atoms with Crippen LogP contribution in [-0.4, -0.2) is 9.97 Å². The van der Waals surface area contributed by atoms with Gasteiger partial charge in [-0.3, -0.25) is 4.98 Å². The maximum Gasteiger partial charge on any atom is 0.418 e. The van der Waals surface area contributed by atoms with E-state index in [1.807, 2.05) is 67.6 Å². The van der Waals surface area contributed by atoms with Gasteiger partial charge in [0.2, 0.25) is 0 Å². The molecule has 0 fully saturated rings. The summed E-state index contributed by atoms with van der Waals surface area (Å²) in [6.07, 6.45) is -2.99. The Morgan fingerprint density at radius 3 is 2.55 bits per heavy atom. The molecule has 6 heteroatoms. The average Bonchev–Trinajstić information content (AvgIpc) is 2.81. The molecule has 0 atom stereocenters. The summed E-state index contributed by atoms with van der Waals surface area (Å²) in [4.78, 5) is 8.72. The third-order valence-electron chi connectivity index (χ3n) is 5.56. The second-order valence-corrected chi connectivity index (χ2v) is 7.83. The number of para-hydroxylation sites is 2. The van der Waals surface area contributed by atoms with Crippen molar-refractivity contribution in [1.29, 1.82) is 0 Å². The van der Waals surface area contributed by atoms with Crippen LogP contribution in [0.1, 0.15) is 16.8 Å². The molecule has 0 spiro atoms. The maximum atomic E-state index is 13.5. The van der Waals surface area contributed by atoms with E-state index < -0.39 is 11.7 Å². The third-order valence-corrected chi connectivity index (χ3v) is 5.56. The summed E-state index contributed by atoms with van der Waals surface area (Å²) in [7, 11) is 0. The molecule has 0 radical (unpaired) electrons. The molecule has 0 saturated carbocycles. The van der Waals surface area contributed by atoms with Crippen molar-refractivity contribution in [2.75, 3.05) is 0 Å². The number of aryl methyl sites for hydroxylation is 1. The minimum Gasteiger partial charge on any atom is -0.487 e. The monoisotopic (exact) mass is 444 g/mol. The lowest BCUT2D eigenvalue weighted by Gasteiger charge is -2.15. The number of fused-ring (bicyclic) bond motifs is 2. The second-order valence-electron chi connectivity index (χ2n) is 7.83. The Kier molecular flexibility index (Phi) is 5.21. The molecule has 0 N–H and O–H groups in total. The van der Waals surface area contributed by atoms with Crippen LogP contribution < -0.4 is 4.74 Å². The molecule has 33 heavy (non-hydrogen) atoms. The highest BCUT2D eigenvalue weighted by molar-refractivity contribution is 5.97. The molecule has 0 bridgehead atoms. The van der Waals surface area contributed by atoms with Crippen molar-refractivity contribution >= 4 is 21.8 Å². The van der Waals surface area contributed by atoms with Crippen LogP contribution in [0, 0.1) is 6.92 Å². The number of benzene rings is 3. The molecule has 3 nitrogen and oxygen atoms in total. The number of hydrogen-bond acceptors (Lipinski definition) is 3. The Bertz CT molecular complexity index is 1480. The fraction of sp³-hybridized carbons (Fsp3) is 0.111. The van der Waals surface area contributed by atoms with Crippen LogP contribution in [0.2, 0.25) is 0 Å². The number of aromatic nitrogens is 2. The molecule has 0 aliphatic rings. The normalized spacial score (nSPS) is 11.8. The van der Waals surface area contributed by atoms with E-state index >= 15 is 0 Å². The van der Waals surface area contributed by atoms with Crippen LogP contribution in [0.3, 0.4) is 0 Å². The largest absolute Gasteiger partial charge is 0.487 e. The standard InChI is InChI=1S/C27H19F3N2O/c1-17-15-31-26-22(9-5-10-23(26)27(28,29)30)25(17)19-7-4-8-21(14-19)33-16-20-13-12-18-6-2-3-11-24(18)32-20/h2-15H,16H2,1H3. The van der Waals surface area contributed by atoms with Gasteiger partial charge >= 0.3 is 6.18 Å². The molecule has 0 aliphatic heterocycles. The number of rotatable bonds is 4. The van der Waals surface area contributed by atoms with Crippen molar-refractivity contribution in [3.05, 3.63) is 102 Å². The van der Waals surface area contributed by atoms with Gasteiger partial charge in [-0.2, -0.15) is 13.2 Å². The fourth-order valence-electron chi connectivity index (χ4n) is 4.02. The van der Waals surface area contributed by atoms with Crippen LogP contribution >= 0.6 is 0 Å². The van der Waals surface area contributed by atoms with Crippen LogP contribution in [0.4, 0.5) is 13.2 Å². The Labute approximate surface area is 188 Å². The van der Waals surface area contributed by atoms with Crippen LogP contribution in [0.15, 0.2) is 85.1 Å². The highest BCUT2D eigenvalue weighted by Crippen LogP contribution is 2.38. The van der Waals surface area contributed by atoms with E-state index in [2.05, 4.69) is 9.97 Å². The van der Waals surface area contributed by atoms with Gasteiger partial charge in [-0.1, -0.05) is 48.5 Å². The number of halogens is 3. The van der Waals surface area contributed by atoms with Crippen LogP contribution in [0.5, 0.6) is 5.75 Å². The molecule has 3 aromatic carbocycles. The SMILES string of the molecule is Cc1cnc2c(C(F)(F)F)cccc2c1-c1cccc(OCc2ccc3ccccc3n2)c1. The molecule has 2 aromatic heterocycles. The highest BCUT2D eigenvalue weighted by Gasteiger charge is 2.33. The summed E-state index contributed by atoms with van der Waals surface area (Å²) in [5.74, 6) is 0.610. The van der Waals surface area contributed by atoms with Crippen LogP contribution in [0.25, 0.3) is 32.9 Å². The number of ether oxygens (including phenoxy) is 1. The molecular formula is C27H19F3N2O. The van der Waals surface area contributed by atoms with Gasteiger partial charge in [0.1, 0.15) is 12.4 Å². The highest BCUT2D eigenvalue weighted by atomic mass is 19.4. The molecule has 0 saturated heterocycles. The number of pyridine rings is 2. The summed E-state index contributed by atoms with van der Waals surface area (Å²) >= 11 is 0. The number of hydrogen-bond donors (Lipinski definition) is 0. The smallest absolute Gasteiger partial charge is 0.418 e. The molecule has 0 amide bonds. The first-order chi connectivity index (χ1) is 15.9. The molecule has 0 unspecified atom stereocenters. The Morgan fingerprint density at radius 2 is 1.70 bits per heavy atom.